The van der Waals surface area contributed by atoms with Crippen molar-refractivity contribution in [2.45, 2.75) is 26.2 Å². The van der Waals surface area contributed by atoms with Gasteiger partial charge in [-0.3, -0.25) is 14.7 Å². The lowest BCUT2D eigenvalue weighted by Crippen LogP contribution is -2.71. The van der Waals surface area contributed by atoms with E-state index in [4.69, 9.17) is 11.6 Å². The van der Waals surface area contributed by atoms with E-state index in [0.717, 1.165) is 30.2 Å². The molecule has 2 aromatic rings. The molecule has 5 heterocycles. The molecule has 3 saturated heterocycles. The summed E-state index contributed by atoms with van der Waals surface area (Å²) in [5.41, 5.74) is -2.16. The van der Waals surface area contributed by atoms with Crippen LogP contribution in [0.3, 0.4) is 0 Å². The van der Waals surface area contributed by atoms with E-state index in [1.54, 1.807) is 0 Å². The lowest BCUT2D eigenvalue weighted by Gasteiger charge is -2.48. The lowest BCUT2D eigenvalue weighted by molar-refractivity contribution is -1.15. The number of aromatic nitrogens is 4. The standard InChI is InChI=1S/C7H14ClFN2.C5H4F4N2.C5H5F3N2/c8-7-10-1-4-11(9,5-2-10)6-3-10;1-2-3(6)4(11-10-2)5(7,8)9;1-3-2-4(10-9-3)5(6,7)8/h1-7H2;1H3,(H,10,11);2H,1H3,(H,9,10)/q+2;;. The number of aromatic amines is 2. The van der Waals surface area contributed by atoms with Crippen molar-refractivity contribution in [3.05, 3.63) is 34.7 Å². The van der Waals surface area contributed by atoms with Crippen LogP contribution in [0.1, 0.15) is 22.8 Å². The van der Waals surface area contributed by atoms with Crippen LogP contribution in [0.2, 0.25) is 0 Å². The Morgan fingerprint density at radius 3 is 1.69 bits per heavy atom. The summed E-state index contributed by atoms with van der Waals surface area (Å²) in [5, 5.41) is 9.90. The number of rotatable bonds is 1. The van der Waals surface area contributed by atoms with Crippen LogP contribution in [0.25, 0.3) is 0 Å². The van der Waals surface area contributed by atoms with Crippen LogP contribution < -0.4 is 0 Å². The molecule has 0 aliphatic carbocycles. The van der Waals surface area contributed by atoms with Gasteiger partial charge in [-0.1, -0.05) is 11.6 Å². The summed E-state index contributed by atoms with van der Waals surface area (Å²) in [7, 11) is 0. The largest absolute Gasteiger partial charge is 0.438 e. The zero-order valence-electron chi connectivity index (χ0n) is 17.2. The molecule has 0 atom stereocenters. The fourth-order valence-electron chi connectivity index (χ4n) is 3.19. The number of hydrogen-bond donors (Lipinski definition) is 2. The highest BCUT2D eigenvalue weighted by atomic mass is 35.5. The summed E-state index contributed by atoms with van der Waals surface area (Å²) in [4.78, 5) is 0. The van der Waals surface area contributed by atoms with Crippen molar-refractivity contribution in [1.29, 1.82) is 0 Å². The fourth-order valence-corrected chi connectivity index (χ4v) is 3.55. The number of piperazine rings is 3. The topological polar surface area (TPSA) is 57.4 Å². The Kier molecular flexibility index (Phi) is 7.83. The minimum absolute atomic E-state index is 0.198. The van der Waals surface area contributed by atoms with Crippen molar-refractivity contribution in [2.75, 3.05) is 45.3 Å². The van der Waals surface area contributed by atoms with E-state index in [9.17, 15) is 35.2 Å². The molecule has 15 heteroatoms. The van der Waals surface area contributed by atoms with Crippen LogP contribution in [-0.2, 0) is 12.4 Å². The van der Waals surface area contributed by atoms with Gasteiger partial charge in [0, 0.05) is 5.69 Å². The van der Waals surface area contributed by atoms with Gasteiger partial charge in [-0.25, -0.2) is 4.39 Å². The summed E-state index contributed by atoms with van der Waals surface area (Å²) in [5.74, 6) is -1.34. The predicted molar refractivity (Wildman–Crippen MR) is 98.2 cm³/mol. The van der Waals surface area contributed by atoms with Crippen molar-refractivity contribution >= 4 is 11.6 Å². The predicted octanol–water partition coefficient (Wildman–Crippen LogP) is 4.34. The summed E-state index contributed by atoms with van der Waals surface area (Å²) < 4.78 is 97.1. The Morgan fingerprint density at radius 1 is 0.906 bits per heavy atom. The molecule has 5 rings (SSSR count). The second-order valence-corrected chi connectivity index (χ2v) is 8.01. The molecular formula is C17H23ClF8N6+2. The van der Waals surface area contributed by atoms with Gasteiger partial charge in [-0.15, -0.1) is 4.71 Å². The number of alkyl halides is 7. The van der Waals surface area contributed by atoms with E-state index < -0.39 is 29.6 Å². The highest BCUT2D eigenvalue weighted by Crippen LogP contribution is 2.30. The Bertz CT molecular complexity index is 866. The first-order chi connectivity index (χ1) is 14.6. The maximum absolute atomic E-state index is 13.5. The first kappa shape index (κ1) is 26.3. The SMILES string of the molecule is Cc1[nH]nc(C(F)(F)F)c1F.Cc1cc(C(F)(F)F)n[nH]1.F[N+]12CC[N+](CCl)(CC1)CC2. The lowest BCUT2D eigenvalue weighted by atomic mass is 10.2. The highest BCUT2D eigenvalue weighted by Gasteiger charge is 2.50. The minimum Gasteiger partial charge on any atom is -0.297 e. The van der Waals surface area contributed by atoms with Gasteiger partial charge in [0.15, 0.2) is 37.1 Å². The van der Waals surface area contributed by atoms with Gasteiger partial charge in [0.1, 0.15) is 19.6 Å². The molecule has 0 saturated carbocycles. The highest BCUT2D eigenvalue weighted by molar-refractivity contribution is 6.17. The van der Waals surface area contributed by atoms with Crippen LogP contribution >= 0.6 is 11.6 Å². The molecule has 0 unspecified atom stereocenters. The number of aryl methyl sites for hydroxylation is 2. The van der Waals surface area contributed by atoms with Crippen molar-refractivity contribution < 1.29 is 44.4 Å². The van der Waals surface area contributed by atoms with E-state index in [-0.39, 0.29) is 10.4 Å². The number of quaternary nitrogens is 2. The average molecular weight is 499 g/mol. The normalized spacial score (nSPS) is 25.0. The first-order valence-corrected chi connectivity index (χ1v) is 9.98. The maximum Gasteiger partial charge on any atom is 0.438 e. The third-order valence-corrected chi connectivity index (χ3v) is 5.82. The summed E-state index contributed by atoms with van der Waals surface area (Å²) in [6, 6.07) is 1.62. The number of halogens is 9. The first-order valence-electron chi connectivity index (χ1n) is 9.44. The van der Waals surface area contributed by atoms with Gasteiger partial charge in [0.25, 0.3) is 0 Å². The van der Waals surface area contributed by atoms with Crippen molar-refractivity contribution in [2.24, 2.45) is 0 Å². The van der Waals surface area contributed by atoms with Gasteiger partial charge in [-0.2, -0.15) is 36.5 Å². The zero-order valence-corrected chi connectivity index (χ0v) is 18.0. The Balaban J connectivity index is 0.000000170. The van der Waals surface area contributed by atoms with Crippen LogP contribution in [0.5, 0.6) is 0 Å². The van der Waals surface area contributed by atoms with E-state index in [1.807, 2.05) is 5.10 Å². The molecule has 0 radical (unpaired) electrons. The third-order valence-electron chi connectivity index (χ3n) is 5.32. The Labute approximate surface area is 183 Å². The van der Waals surface area contributed by atoms with Gasteiger partial charge in [0.05, 0.1) is 5.69 Å². The molecule has 2 bridgehead atoms. The van der Waals surface area contributed by atoms with E-state index in [2.05, 4.69) is 15.3 Å². The molecule has 32 heavy (non-hydrogen) atoms. The van der Waals surface area contributed by atoms with Gasteiger partial charge >= 0.3 is 12.4 Å². The minimum atomic E-state index is -4.71. The van der Waals surface area contributed by atoms with Gasteiger partial charge in [0.2, 0.25) is 5.69 Å². The molecule has 3 fully saturated rings. The molecule has 6 nitrogen and oxygen atoms in total. The van der Waals surface area contributed by atoms with Gasteiger partial charge < -0.3 is 0 Å². The van der Waals surface area contributed by atoms with Crippen molar-refractivity contribution in [3.8, 4) is 0 Å². The summed E-state index contributed by atoms with van der Waals surface area (Å²) in [6.45, 7) is 7.51. The number of nitrogens with one attached hydrogen (secondary N) is 2. The van der Waals surface area contributed by atoms with Gasteiger partial charge in [-0.05, 0) is 24.4 Å². The monoisotopic (exact) mass is 498 g/mol. The molecule has 182 valence electrons. The van der Waals surface area contributed by atoms with E-state index in [1.165, 1.54) is 13.8 Å². The fraction of sp³-hybridized carbons (Fsp3) is 0.647. The number of fused-ring (bicyclic) bond motifs is 3. The number of H-pyrrole nitrogens is 2. The second-order valence-electron chi connectivity index (χ2n) is 7.78. The maximum atomic E-state index is 13.5. The van der Waals surface area contributed by atoms with Crippen molar-refractivity contribution in [3.63, 3.8) is 0 Å². The van der Waals surface area contributed by atoms with E-state index >= 15 is 0 Å². The number of hydrogen-bond acceptors (Lipinski definition) is 2. The van der Waals surface area contributed by atoms with Crippen LogP contribution in [0, 0.1) is 19.7 Å². The smallest absolute Gasteiger partial charge is 0.297 e. The molecular weight excluding hydrogens is 476 g/mol. The molecule has 0 aromatic carbocycles. The summed E-state index contributed by atoms with van der Waals surface area (Å²) in [6.07, 6.45) is -9.04. The Hall–Kier alpha value is -1.93. The number of nitrogens with zero attached hydrogens (tertiary/aromatic N) is 4. The van der Waals surface area contributed by atoms with Crippen molar-refractivity contribution in [1.82, 2.24) is 20.4 Å². The second kappa shape index (κ2) is 9.51. The van der Waals surface area contributed by atoms with E-state index in [0.29, 0.717) is 31.3 Å². The summed E-state index contributed by atoms with van der Waals surface area (Å²) >= 11 is 5.85. The quantitative estimate of drug-likeness (QED) is 0.202. The molecule has 0 spiro atoms. The van der Waals surface area contributed by atoms with Crippen LogP contribution in [-0.4, -0.2) is 74.9 Å². The molecule has 2 aromatic heterocycles. The zero-order chi connectivity index (χ0) is 24.4. The average Bonchev–Trinajstić information content (AvgIpc) is 3.29. The van der Waals surface area contributed by atoms with Crippen LogP contribution in [0.4, 0.5) is 35.2 Å². The Morgan fingerprint density at radius 2 is 1.44 bits per heavy atom. The molecule has 3 aliphatic rings. The van der Waals surface area contributed by atoms with Crippen LogP contribution in [0.15, 0.2) is 6.07 Å². The molecule has 2 N–H and O–H groups in total. The molecule has 3 aliphatic heterocycles. The molecule has 0 amide bonds. The third kappa shape index (κ3) is 6.54.